The van der Waals surface area contributed by atoms with E-state index in [1.807, 2.05) is 10.8 Å². The molecule has 0 saturated heterocycles. The molecule has 0 unspecified atom stereocenters. The van der Waals surface area contributed by atoms with Gasteiger partial charge in [0.25, 0.3) is 0 Å². The van der Waals surface area contributed by atoms with Crippen LogP contribution in [0.25, 0.3) is 0 Å². The molecular weight excluding hydrogens is 124 g/mol. The van der Waals surface area contributed by atoms with E-state index in [9.17, 15) is 0 Å². The molecule has 0 heterocycles. The zero-order valence-corrected chi connectivity index (χ0v) is 6.15. The van der Waals surface area contributed by atoms with Gasteiger partial charge in [-0.25, -0.2) is 0 Å². The van der Waals surface area contributed by atoms with Crippen LogP contribution in [0, 0.1) is 0 Å². The average Bonchev–Trinajstić information content (AvgIpc) is 2.42. The summed E-state index contributed by atoms with van der Waals surface area (Å²) in [7, 11) is 4.05. The Hall–Kier alpha value is 0.700. The Morgan fingerprint density at radius 2 is 2.29 bits per heavy atom. The Labute approximate surface area is 52.8 Å². The van der Waals surface area contributed by atoms with Crippen molar-refractivity contribution in [2.24, 2.45) is 0 Å². The summed E-state index contributed by atoms with van der Waals surface area (Å²) in [5, 5.41) is 1.03. The molecule has 0 spiro atoms. The lowest BCUT2D eigenvalue weighted by Crippen LogP contribution is -1.64. The number of rotatable bonds is 3. The molecular formula is C5H10S2. The third kappa shape index (κ3) is 2.50. The lowest BCUT2D eigenvalue weighted by molar-refractivity contribution is 1.50. The summed E-state index contributed by atoms with van der Waals surface area (Å²) in [4.78, 5) is 0. The van der Waals surface area contributed by atoms with Gasteiger partial charge in [-0.1, -0.05) is 28.5 Å². The Balaban J connectivity index is 1.80. The molecule has 1 saturated carbocycles. The highest BCUT2D eigenvalue weighted by Gasteiger charge is 2.21. The van der Waals surface area contributed by atoms with Gasteiger partial charge in [0.1, 0.15) is 0 Å². The van der Waals surface area contributed by atoms with Gasteiger partial charge < -0.3 is 0 Å². The van der Waals surface area contributed by atoms with Crippen molar-refractivity contribution in [3.05, 3.63) is 0 Å². The van der Waals surface area contributed by atoms with Gasteiger partial charge in [0.05, 0.1) is 0 Å². The summed E-state index contributed by atoms with van der Waals surface area (Å²) in [5.74, 6) is 1.27. The maximum atomic E-state index is 2.21. The molecule has 0 nitrogen and oxygen atoms in total. The molecule has 1 aliphatic carbocycles. The molecule has 0 aromatic carbocycles. The number of hydrogen-bond acceptors (Lipinski definition) is 2. The van der Waals surface area contributed by atoms with Crippen LogP contribution in [0.15, 0.2) is 0 Å². The van der Waals surface area contributed by atoms with Crippen molar-refractivity contribution < 1.29 is 0 Å². The largest absolute Gasteiger partial charge is 0.0942 e. The highest BCUT2D eigenvalue weighted by atomic mass is 33.1. The third-order valence-corrected chi connectivity index (χ3v) is 3.89. The first-order valence-electron chi connectivity index (χ1n) is 2.71. The predicted octanol–water partition coefficient (Wildman–Crippen LogP) is 2.55. The van der Waals surface area contributed by atoms with E-state index < -0.39 is 0 Å². The van der Waals surface area contributed by atoms with Crippen LogP contribution in [0.4, 0.5) is 0 Å². The topological polar surface area (TPSA) is 0 Å². The highest BCUT2D eigenvalue weighted by molar-refractivity contribution is 8.77. The Morgan fingerprint density at radius 1 is 1.57 bits per heavy atom. The van der Waals surface area contributed by atoms with Gasteiger partial charge in [-0.15, -0.1) is 0 Å². The van der Waals surface area contributed by atoms with Crippen molar-refractivity contribution in [3.63, 3.8) is 0 Å². The summed E-state index contributed by atoms with van der Waals surface area (Å²) < 4.78 is 0. The molecule has 0 aromatic rings. The van der Waals surface area contributed by atoms with Gasteiger partial charge in [-0.2, -0.15) is 0 Å². The fourth-order valence-corrected chi connectivity index (χ4v) is 2.55. The highest BCUT2D eigenvalue weighted by Crippen LogP contribution is 2.41. The lowest BCUT2D eigenvalue weighted by atomic mass is 11.0. The van der Waals surface area contributed by atoms with Gasteiger partial charge >= 0.3 is 0 Å². The second-order valence-electron chi connectivity index (χ2n) is 1.70. The van der Waals surface area contributed by atoms with Crippen LogP contribution in [0.2, 0.25) is 0 Å². The van der Waals surface area contributed by atoms with Crippen LogP contribution in [0.1, 0.15) is 19.8 Å². The fraction of sp³-hybridized carbons (Fsp3) is 1.00. The average molecular weight is 134 g/mol. The minimum absolute atomic E-state index is 1.03. The standard InChI is InChI=1S/C5H10S2/c1-2-6-7-5-3-4-5/h5H,2-4H2,1H3. The first-order valence-corrected chi connectivity index (χ1v) is 5.10. The van der Waals surface area contributed by atoms with Crippen LogP contribution in [0.5, 0.6) is 0 Å². The summed E-state index contributed by atoms with van der Waals surface area (Å²) in [5.41, 5.74) is 0. The molecule has 0 aromatic heterocycles. The maximum absolute atomic E-state index is 2.21. The molecule has 42 valence electrons. The van der Waals surface area contributed by atoms with Crippen LogP contribution in [-0.4, -0.2) is 11.0 Å². The molecule has 0 atom stereocenters. The molecule has 7 heavy (non-hydrogen) atoms. The minimum Gasteiger partial charge on any atom is -0.0942 e. The fourth-order valence-electron chi connectivity index (χ4n) is 0.329. The molecule has 2 heteroatoms. The van der Waals surface area contributed by atoms with E-state index in [1.165, 1.54) is 18.6 Å². The first kappa shape index (κ1) is 5.83. The quantitative estimate of drug-likeness (QED) is 0.544. The molecule has 1 fully saturated rings. The van der Waals surface area contributed by atoms with Gasteiger partial charge in [0.2, 0.25) is 0 Å². The van der Waals surface area contributed by atoms with Crippen molar-refractivity contribution in [2.75, 3.05) is 5.75 Å². The smallest absolute Gasteiger partial charge is 0.0152 e. The van der Waals surface area contributed by atoms with E-state index in [2.05, 4.69) is 17.7 Å². The second-order valence-corrected chi connectivity index (χ2v) is 4.66. The van der Waals surface area contributed by atoms with Gasteiger partial charge in [0, 0.05) is 11.0 Å². The Kier molecular flexibility index (Phi) is 2.40. The summed E-state index contributed by atoms with van der Waals surface area (Å²) in [6.45, 7) is 2.21. The van der Waals surface area contributed by atoms with E-state index in [0.29, 0.717) is 0 Å². The van der Waals surface area contributed by atoms with E-state index in [4.69, 9.17) is 0 Å². The van der Waals surface area contributed by atoms with E-state index in [-0.39, 0.29) is 0 Å². The molecule has 0 N–H and O–H groups in total. The van der Waals surface area contributed by atoms with Crippen LogP contribution >= 0.6 is 21.6 Å². The minimum atomic E-state index is 1.03. The zero-order chi connectivity index (χ0) is 5.11. The van der Waals surface area contributed by atoms with Gasteiger partial charge in [0.15, 0.2) is 0 Å². The molecule has 1 aliphatic rings. The van der Waals surface area contributed by atoms with Gasteiger partial charge in [-0.3, -0.25) is 0 Å². The Morgan fingerprint density at radius 3 is 2.71 bits per heavy atom. The monoisotopic (exact) mass is 134 g/mol. The van der Waals surface area contributed by atoms with Gasteiger partial charge in [-0.05, 0) is 12.8 Å². The van der Waals surface area contributed by atoms with E-state index in [1.54, 1.807) is 0 Å². The summed E-state index contributed by atoms with van der Waals surface area (Å²) in [6.07, 6.45) is 2.94. The number of hydrogen-bond donors (Lipinski definition) is 0. The van der Waals surface area contributed by atoms with E-state index in [0.717, 1.165) is 5.25 Å². The second kappa shape index (κ2) is 2.88. The van der Waals surface area contributed by atoms with Crippen LogP contribution in [-0.2, 0) is 0 Å². The van der Waals surface area contributed by atoms with Crippen LogP contribution < -0.4 is 0 Å². The molecule has 0 amide bonds. The molecule has 0 radical (unpaired) electrons. The predicted molar refractivity (Wildman–Crippen MR) is 38.7 cm³/mol. The van der Waals surface area contributed by atoms with Crippen LogP contribution in [0.3, 0.4) is 0 Å². The normalized spacial score (nSPS) is 20.1. The van der Waals surface area contributed by atoms with Crippen molar-refractivity contribution in [1.29, 1.82) is 0 Å². The SMILES string of the molecule is CCSSC1CC1. The summed E-state index contributed by atoms with van der Waals surface area (Å²) in [6, 6.07) is 0. The lowest BCUT2D eigenvalue weighted by Gasteiger charge is -1.88. The van der Waals surface area contributed by atoms with Crippen molar-refractivity contribution >= 4 is 21.6 Å². The molecule has 1 rings (SSSR count). The van der Waals surface area contributed by atoms with Crippen molar-refractivity contribution in [2.45, 2.75) is 25.0 Å². The zero-order valence-electron chi connectivity index (χ0n) is 4.52. The summed E-state index contributed by atoms with van der Waals surface area (Å²) >= 11 is 0. The van der Waals surface area contributed by atoms with Crippen molar-refractivity contribution in [1.82, 2.24) is 0 Å². The maximum Gasteiger partial charge on any atom is 0.0152 e. The van der Waals surface area contributed by atoms with E-state index >= 15 is 0 Å². The Bertz CT molecular complexity index is 50.0. The third-order valence-electron chi connectivity index (χ3n) is 0.846. The molecule has 0 bridgehead atoms. The van der Waals surface area contributed by atoms with Crippen molar-refractivity contribution in [3.8, 4) is 0 Å². The first-order chi connectivity index (χ1) is 3.43. The molecule has 0 aliphatic heterocycles.